The highest BCUT2D eigenvalue weighted by atomic mass is 79.9. The van der Waals surface area contributed by atoms with E-state index in [1.807, 2.05) is 0 Å². The molecule has 0 bridgehead atoms. The Hall–Kier alpha value is -3.15. The fourth-order valence-corrected chi connectivity index (χ4v) is 2.39. The minimum Gasteiger partial charge on any atom is -0.481 e. The first kappa shape index (κ1) is 21.2. The van der Waals surface area contributed by atoms with Crippen LogP contribution in [-0.4, -0.2) is 28.8 Å². The molecule has 0 atom stereocenters. The third-order valence-corrected chi connectivity index (χ3v) is 3.73. The molecule has 148 valence electrons. The van der Waals surface area contributed by atoms with Crippen molar-refractivity contribution in [3.05, 3.63) is 62.1 Å². The van der Waals surface area contributed by atoms with Crippen LogP contribution in [0.15, 0.2) is 46.0 Å². The highest BCUT2D eigenvalue weighted by Crippen LogP contribution is 2.35. The molecule has 12 heteroatoms. The molecule has 0 spiro atoms. The van der Waals surface area contributed by atoms with Crippen LogP contribution in [0.1, 0.15) is 11.1 Å². The van der Waals surface area contributed by atoms with Gasteiger partial charge in [0, 0.05) is 16.1 Å². The molecule has 0 heterocycles. The lowest BCUT2D eigenvalue weighted by Gasteiger charge is -2.09. The van der Waals surface area contributed by atoms with E-state index >= 15 is 0 Å². The fraction of sp³-hybridized carbons (Fsp3) is 0.125. The number of ether oxygens (including phenoxy) is 1. The number of carboxylic acids is 1. The van der Waals surface area contributed by atoms with Crippen molar-refractivity contribution < 1.29 is 32.7 Å². The first-order valence-electron chi connectivity index (χ1n) is 7.37. The minimum atomic E-state index is -4.72. The van der Waals surface area contributed by atoms with Crippen LogP contribution in [0.5, 0.6) is 5.75 Å². The van der Waals surface area contributed by atoms with Gasteiger partial charge < -0.3 is 9.84 Å². The topological polar surface area (TPSA) is 114 Å². The lowest BCUT2D eigenvalue weighted by Crippen LogP contribution is -2.10. The van der Waals surface area contributed by atoms with Crippen molar-refractivity contribution in [1.82, 2.24) is 0 Å². The number of hydrogen-bond acceptors (Lipinski definition) is 6. The number of anilines is 1. The maximum atomic E-state index is 12.7. The number of halogens is 4. The molecule has 0 saturated carbocycles. The number of rotatable bonds is 7. The van der Waals surface area contributed by atoms with Gasteiger partial charge in [0.2, 0.25) is 0 Å². The van der Waals surface area contributed by atoms with Crippen molar-refractivity contribution in [2.24, 2.45) is 5.10 Å². The van der Waals surface area contributed by atoms with E-state index in [4.69, 9.17) is 9.84 Å². The monoisotopic (exact) mass is 461 g/mol. The van der Waals surface area contributed by atoms with E-state index < -0.39 is 34.9 Å². The summed E-state index contributed by atoms with van der Waals surface area (Å²) in [4.78, 5) is 20.7. The second kappa shape index (κ2) is 8.69. The molecule has 8 nitrogen and oxygen atoms in total. The summed E-state index contributed by atoms with van der Waals surface area (Å²) < 4.78 is 43.9. The maximum Gasteiger partial charge on any atom is 0.416 e. The predicted molar refractivity (Wildman–Crippen MR) is 96.6 cm³/mol. The van der Waals surface area contributed by atoms with Crippen LogP contribution >= 0.6 is 15.9 Å². The normalized spacial score (nSPS) is 11.4. The SMILES string of the molecule is O=C(O)COc1ccc(Br)cc1/C=N\Nc1ccc(C(F)(F)F)cc1[N+](=O)[O-]. The van der Waals surface area contributed by atoms with Gasteiger partial charge >= 0.3 is 12.1 Å². The largest absolute Gasteiger partial charge is 0.481 e. The number of carbonyl (C=O) groups is 1. The summed E-state index contributed by atoms with van der Waals surface area (Å²) >= 11 is 3.22. The van der Waals surface area contributed by atoms with Crippen molar-refractivity contribution in [2.45, 2.75) is 6.18 Å². The molecule has 2 aromatic carbocycles. The molecular weight excluding hydrogens is 451 g/mol. The molecule has 0 aliphatic heterocycles. The fourth-order valence-electron chi connectivity index (χ4n) is 2.02. The van der Waals surface area contributed by atoms with E-state index in [0.29, 0.717) is 22.2 Å². The highest BCUT2D eigenvalue weighted by Gasteiger charge is 2.33. The van der Waals surface area contributed by atoms with E-state index in [9.17, 15) is 28.1 Å². The van der Waals surface area contributed by atoms with Gasteiger partial charge in [0.05, 0.1) is 16.7 Å². The Morgan fingerprint density at radius 2 is 2.04 bits per heavy atom. The zero-order valence-electron chi connectivity index (χ0n) is 13.7. The molecule has 0 aliphatic rings. The molecule has 0 aromatic heterocycles. The van der Waals surface area contributed by atoms with E-state index in [1.54, 1.807) is 12.1 Å². The van der Waals surface area contributed by atoms with E-state index in [2.05, 4.69) is 26.5 Å². The van der Waals surface area contributed by atoms with E-state index in [0.717, 1.165) is 6.07 Å². The van der Waals surface area contributed by atoms with Crippen molar-refractivity contribution in [3.8, 4) is 5.75 Å². The lowest BCUT2D eigenvalue weighted by molar-refractivity contribution is -0.384. The van der Waals surface area contributed by atoms with Crippen molar-refractivity contribution >= 4 is 39.5 Å². The molecule has 0 fully saturated rings. The van der Waals surface area contributed by atoms with Crippen LogP contribution in [0.4, 0.5) is 24.5 Å². The highest BCUT2D eigenvalue weighted by molar-refractivity contribution is 9.10. The van der Waals surface area contributed by atoms with Crippen LogP contribution in [-0.2, 0) is 11.0 Å². The minimum absolute atomic E-state index is 0.179. The number of nitrogens with zero attached hydrogens (tertiary/aromatic N) is 2. The summed E-state index contributed by atoms with van der Waals surface area (Å²) in [5, 5.41) is 23.5. The smallest absolute Gasteiger partial charge is 0.416 e. The van der Waals surface area contributed by atoms with Gasteiger partial charge in [0.1, 0.15) is 11.4 Å². The van der Waals surface area contributed by atoms with Crippen LogP contribution < -0.4 is 10.2 Å². The van der Waals surface area contributed by atoms with Gasteiger partial charge in [-0.1, -0.05) is 15.9 Å². The quantitative estimate of drug-likeness (QED) is 0.361. The summed E-state index contributed by atoms with van der Waals surface area (Å²) in [6.07, 6.45) is -3.54. The molecule has 2 aromatic rings. The maximum absolute atomic E-state index is 12.7. The Morgan fingerprint density at radius 1 is 1.32 bits per heavy atom. The Kier molecular flexibility index (Phi) is 6.57. The van der Waals surface area contributed by atoms with Gasteiger partial charge in [-0.05, 0) is 30.3 Å². The number of benzene rings is 2. The molecule has 0 unspecified atom stereocenters. The first-order valence-corrected chi connectivity index (χ1v) is 8.16. The number of hydrazone groups is 1. The summed E-state index contributed by atoms with van der Waals surface area (Å²) in [5.74, 6) is -1.01. The average molecular weight is 462 g/mol. The van der Waals surface area contributed by atoms with Crippen LogP contribution in [0, 0.1) is 10.1 Å². The zero-order chi connectivity index (χ0) is 20.9. The van der Waals surface area contributed by atoms with Crippen molar-refractivity contribution in [2.75, 3.05) is 12.0 Å². The summed E-state index contributed by atoms with van der Waals surface area (Å²) in [5.41, 5.74) is 0.421. The van der Waals surface area contributed by atoms with Gasteiger partial charge in [-0.3, -0.25) is 15.5 Å². The third-order valence-electron chi connectivity index (χ3n) is 3.23. The number of carboxylic acid groups (broad SMARTS) is 1. The molecular formula is C16H11BrF3N3O5. The van der Waals surface area contributed by atoms with E-state index in [1.165, 1.54) is 12.3 Å². The second-order valence-corrected chi connectivity index (χ2v) is 6.14. The number of nitrogens with one attached hydrogen (secondary N) is 1. The third kappa shape index (κ3) is 5.67. The molecule has 2 N–H and O–H groups in total. The van der Waals surface area contributed by atoms with Gasteiger partial charge in [0.15, 0.2) is 6.61 Å². The van der Waals surface area contributed by atoms with Gasteiger partial charge in [-0.25, -0.2) is 4.79 Å². The molecule has 2 rings (SSSR count). The van der Waals surface area contributed by atoms with E-state index in [-0.39, 0.29) is 11.4 Å². The van der Waals surface area contributed by atoms with Crippen LogP contribution in [0.25, 0.3) is 0 Å². The zero-order valence-corrected chi connectivity index (χ0v) is 15.3. The van der Waals surface area contributed by atoms with Crippen molar-refractivity contribution in [1.29, 1.82) is 0 Å². The molecule has 0 amide bonds. The lowest BCUT2D eigenvalue weighted by atomic mass is 10.1. The number of nitro groups is 1. The van der Waals surface area contributed by atoms with Gasteiger partial charge in [-0.2, -0.15) is 18.3 Å². The first-order chi connectivity index (χ1) is 13.1. The number of alkyl halides is 3. The second-order valence-electron chi connectivity index (χ2n) is 5.22. The number of aliphatic carboxylic acids is 1. The Bertz CT molecular complexity index is 934. The molecule has 28 heavy (non-hydrogen) atoms. The molecule has 0 radical (unpaired) electrons. The number of hydrogen-bond donors (Lipinski definition) is 2. The summed E-state index contributed by atoms with van der Waals surface area (Å²) in [7, 11) is 0. The average Bonchev–Trinajstić information content (AvgIpc) is 2.60. The Labute approximate surface area is 163 Å². The summed E-state index contributed by atoms with van der Waals surface area (Å²) in [6, 6.07) is 6.60. The molecule has 0 aliphatic carbocycles. The van der Waals surface area contributed by atoms with Gasteiger partial charge in [-0.15, -0.1) is 0 Å². The Morgan fingerprint density at radius 3 is 2.64 bits per heavy atom. The van der Waals surface area contributed by atoms with Crippen LogP contribution in [0.2, 0.25) is 0 Å². The summed E-state index contributed by atoms with van der Waals surface area (Å²) in [6.45, 7) is -0.597. The standard InChI is InChI=1S/C16H11BrF3N3O5/c17-11-2-4-14(28-8-15(24)25)9(5-11)7-21-22-12-3-1-10(16(18,19)20)6-13(12)23(26)27/h1-7,22H,8H2,(H,24,25)/b21-7-. The van der Waals surface area contributed by atoms with Crippen LogP contribution in [0.3, 0.4) is 0 Å². The van der Waals surface area contributed by atoms with Gasteiger partial charge in [0.25, 0.3) is 5.69 Å². The number of nitro benzene ring substituents is 1. The molecule has 0 saturated heterocycles. The van der Waals surface area contributed by atoms with Crippen molar-refractivity contribution in [3.63, 3.8) is 0 Å². The Balaban J connectivity index is 2.26. The predicted octanol–water partition coefficient (Wildman–Crippen LogP) is 4.29.